The topological polar surface area (TPSA) is 65.0 Å². The highest BCUT2D eigenvalue weighted by Crippen LogP contribution is 2.47. The summed E-state index contributed by atoms with van der Waals surface area (Å²) in [4.78, 5) is 11.5. The standard InChI is InChI=1S/C19H28O5/c1-12(20)7-5-4-6-8-13-11-15-18(24-19(2,3)23-15)17(13)14-9-10-16(21)22-14/h6,8-10,12-15,17-18,20H,4-5,7,11H2,1-3H3/b8-6+/t12-,13+,14?,15-,17+,18-/m0/s1. The molecule has 5 nitrogen and oxygen atoms in total. The fourth-order valence-electron chi connectivity index (χ4n) is 4.07. The number of esters is 1. The van der Waals surface area contributed by atoms with Gasteiger partial charge >= 0.3 is 5.97 Å². The molecule has 1 N–H and O–H groups in total. The largest absolute Gasteiger partial charge is 0.455 e. The molecule has 0 aromatic heterocycles. The summed E-state index contributed by atoms with van der Waals surface area (Å²) >= 11 is 0. The number of aliphatic hydroxyl groups excluding tert-OH is 1. The monoisotopic (exact) mass is 336 g/mol. The van der Waals surface area contributed by atoms with E-state index in [0.29, 0.717) is 0 Å². The van der Waals surface area contributed by atoms with Crippen LogP contribution >= 0.6 is 0 Å². The molecule has 2 heterocycles. The Kier molecular flexibility index (Phi) is 5.13. The molecule has 134 valence electrons. The average molecular weight is 336 g/mol. The van der Waals surface area contributed by atoms with Crippen LogP contribution in [0.1, 0.15) is 46.5 Å². The zero-order valence-electron chi connectivity index (χ0n) is 14.7. The zero-order chi connectivity index (χ0) is 17.3. The minimum atomic E-state index is -0.578. The van der Waals surface area contributed by atoms with E-state index in [1.54, 1.807) is 0 Å². The van der Waals surface area contributed by atoms with E-state index in [2.05, 4.69) is 12.2 Å². The van der Waals surface area contributed by atoms with Crippen molar-refractivity contribution in [2.45, 2.75) is 76.7 Å². The molecule has 1 unspecified atom stereocenters. The maximum Gasteiger partial charge on any atom is 0.331 e. The van der Waals surface area contributed by atoms with Crippen molar-refractivity contribution < 1.29 is 24.1 Å². The van der Waals surface area contributed by atoms with Crippen LogP contribution in [0.4, 0.5) is 0 Å². The predicted molar refractivity (Wildman–Crippen MR) is 89.1 cm³/mol. The van der Waals surface area contributed by atoms with Crippen LogP contribution in [0.15, 0.2) is 24.3 Å². The number of hydrogen-bond donors (Lipinski definition) is 1. The minimum Gasteiger partial charge on any atom is -0.455 e. The summed E-state index contributed by atoms with van der Waals surface area (Å²) in [6, 6.07) is 0. The molecule has 1 aliphatic carbocycles. The van der Waals surface area contributed by atoms with Crippen molar-refractivity contribution in [2.24, 2.45) is 11.8 Å². The molecule has 3 rings (SSSR count). The second-order valence-electron chi connectivity index (χ2n) is 7.58. The molecule has 0 radical (unpaired) electrons. The van der Waals surface area contributed by atoms with Crippen LogP contribution in [0.5, 0.6) is 0 Å². The molecule has 0 aromatic rings. The Hall–Kier alpha value is -1.17. The van der Waals surface area contributed by atoms with Crippen LogP contribution in [0.2, 0.25) is 0 Å². The summed E-state index contributed by atoms with van der Waals surface area (Å²) in [6.45, 7) is 5.68. The highest BCUT2D eigenvalue weighted by Gasteiger charge is 2.55. The fraction of sp³-hybridized carbons (Fsp3) is 0.737. The number of allylic oxidation sites excluding steroid dienone is 2. The van der Waals surface area contributed by atoms with Crippen molar-refractivity contribution >= 4 is 5.97 Å². The number of cyclic esters (lactones) is 1. The third-order valence-corrected chi connectivity index (χ3v) is 5.03. The van der Waals surface area contributed by atoms with E-state index in [-0.39, 0.29) is 42.2 Å². The van der Waals surface area contributed by atoms with Gasteiger partial charge in [0.2, 0.25) is 0 Å². The Morgan fingerprint density at radius 2 is 2.21 bits per heavy atom. The molecule has 2 fully saturated rings. The number of rotatable bonds is 6. The summed E-state index contributed by atoms with van der Waals surface area (Å²) in [6.07, 6.45) is 10.9. The molecule has 2 aliphatic heterocycles. The van der Waals surface area contributed by atoms with Crippen LogP contribution in [-0.2, 0) is 19.0 Å². The Bertz CT molecular complexity index is 522. The van der Waals surface area contributed by atoms with Crippen molar-refractivity contribution in [3.05, 3.63) is 24.3 Å². The lowest BCUT2D eigenvalue weighted by molar-refractivity contribution is -0.165. The van der Waals surface area contributed by atoms with Crippen molar-refractivity contribution in [2.75, 3.05) is 0 Å². The van der Waals surface area contributed by atoms with Gasteiger partial charge in [-0.1, -0.05) is 12.2 Å². The summed E-state index contributed by atoms with van der Waals surface area (Å²) < 4.78 is 17.6. The van der Waals surface area contributed by atoms with Crippen LogP contribution in [0.25, 0.3) is 0 Å². The maximum atomic E-state index is 11.5. The van der Waals surface area contributed by atoms with Gasteiger partial charge in [-0.25, -0.2) is 4.79 Å². The van der Waals surface area contributed by atoms with Crippen LogP contribution < -0.4 is 0 Å². The number of aliphatic hydroxyl groups is 1. The van der Waals surface area contributed by atoms with Gasteiger partial charge in [0, 0.05) is 12.0 Å². The SMILES string of the molecule is C[C@H](O)CCC/C=C/[C@@H]1C[C@@H]2OC(C)(C)O[C@@H]2[C@H]1C1C=CC(=O)O1. The van der Waals surface area contributed by atoms with E-state index in [0.717, 1.165) is 25.7 Å². The van der Waals surface area contributed by atoms with E-state index in [9.17, 15) is 9.90 Å². The van der Waals surface area contributed by atoms with Crippen LogP contribution in [-0.4, -0.2) is 41.3 Å². The second-order valence-corrected chi connectivity index (χ2v) is 7.58. The number of ether oxygens (including phenoxy) is 3. The van der Waals surface area contributed by atoms with Gasteiger partial charge in [0.15, 0.2) is 5.79 Å². The second kappa shape index (κ2) is 6.98. The summed E-state index contributed by atoms with van der Waals surface area (Å²) in [5.74, 6) is -0.497. The third-order valence-electron chi connectivity index (χ3n) is 5.03. The molecule has 5 heteroatoms. The molecule has 1 saturated carbocycles. The van der Waals surface area contributed by atoms with Crippen LogP contribution in [0.3, 0.4) is 0 Å². The number of fused-ring (bicyclic) bond motifs is 1. The normalized spacial score (nSPS) is 38.7. The van der Waals surface area contributed by atoms with Crippen molar-refractivity contribution in [1.82, 2.24) is 0 Å². The number of carbonyl (C=O) groups is 1. The Morgan fingerprint density at radius 1 is 1.42 bits per heavy atom. The van der Waals surface area contributed by atoms with E-state index >= 15 is 0 Å². The van der Waals surface area contributed by atoms with Crippen molar-refractivity contribution in [3.63, 3.8) is 0 Å². The predicted octanol–water partition coefficient (Wildman–Crippen LogP) is 2.73. The van der Waals surface area contributed by atoms with Gasteiger partial charge in [0.25, 0.3) is 0 Å². The Morgan fingerprint density at radius 3 is 2.88 bits per heavy atom. The van der Waals surface area contributed by atoms with E-state index < -0.39 is 5.79 Å². The van der Waals surface area contributed by atoms with Gasteiger partial charge in [0.05, 0.1) is 18.3 Å². The first-order chi connectivity index (χ1) is 11.4. The molecule has 6 atom stereocenters. The molecule has 3 aliphatic rings. The molecular formula is C19H28O5. The van der Waals surface area contributed by atoms with Crippen molar-refractivity contribution in [3.8, 4) is 0 Å². The van der Waals surface area contributed by atoms with Crippen LogP contribution in [0, 0.1) is 11.8 Å². The summed E-state index contributed by atoms with van der Waals surface area (Å²) in [5.41, 5.74) is 0. The molecule has 0 bridgehead atoms. The molecule has 1 saturated heterocycles. The smallest absolute Gasteiger partial charge is 0.331 e. The lowest BCUT2D eigenvalue weighted by Crippen LogP contribution is -2.35. The Balaban J connectivity index is 1.66. The lowest BCUT2D eigenvalue weighted by atomic mass is 9.88. The van der Waals surface area contributed by atoms with Gasteiger partial charge in [-0.3, -0.25) is 0 Å². The first-order valence-electron chi connectivity index (χ1n) is 8.95. The van der Waals surface area contributed by atoms with Gasteiger partial charge in [-0.15, -0.1) is 0 Å². The maximum absolute atomic E-state index is 11.5. The molecule has 24 heavy (non-hydrogen) atoms. The van der Waals surface area contributed by atoms with Gasteiger partial charge in [-0.2, -0.15) is 0 Å². The minimum absolute atomic E-state index is 0.0461. The van der Waals surface area contributed by atoms with Gasteiger partial charge < -0.3 is 19.3 Å². The van der Waals surface area contributed by atoms with Gasteiger partial charge in [-0.05, 0) is 58.4 Å². The molecule has 0 spiro atoms. The first kappa shape index (κ1) is 17.6. The quantitative estimate of drug-likeness (QED) is 0.459. The summed E-state index contributed by atoms with van der Waals surface area (Å²) in [5, 5.41) is 9.32. The molecular weight excluding hydrogens is 308 g/mol. The third kappa shape index (κ3) is 3.90. The lowest BCUT2D eigenvalue weighted by Gasteiger charge is -2.28. The van der Waals surface area contributed by atoms with Gasteiger partial charge in [0.1, 0.15) is 6.10 Å². The van der Waals surface area contributed by atoms with E-state index in [1.165, 1.54) is 6.08 Å². The fourth-order valence-corrected chi connectivity index (χ4v) is 4.07. The number of carbonyl (C=O) groups excluding carboxylic acids is 1. The number of unbranched alkanes of at least 4 members (excludes halogenated alkanes) is 1. The van der Waals surface area contributed by atoms with Crippen molar-refractivity contribution in [1.29, 1.82) is 0 Å². The molecule has 0 amide bonds. The average Bonchev–Trinajstić information content (AvgIpc) is 3.10. The highest BCUT2D eigenvalue weighted by atomic mass is 16.8. The van der Waals surface area contributed by atoms with E-state index in [4.69, 9.17) is 14.2 Å². The van der Waals surface area contributed by atoms with E-state index in [1.807, 2.05) is 26.8 Å². The Labute approximate surface area is 143 Å². The number of hydrogen-bond acceptors (Lipinski definition) is 5. The first-order valence-corrected chi connectivity index (χ1v) is 8.95. The highest BCUT2D eigenvalue weighted by molar-refractivity contribution is 5.84. The molecule has 0 aromatic carbocycles. The zero-order valence-corrected chi connectivity index (χ0v) is 14.7. The summed E-state index contributed by atoms with van der Waals surface area (Å²) in [7, 11) is 0.